The van der Waals surface area contributed by atoms with Crippen LogP contribution in [0.3, 0.4) is 0 Å². The van der Waals surface area contributed by atoms with Crippen LogP contribution in [0.4, 0.5) is 0 Å². The molecule has 1 aromatic carbocycles. The highest BCUT2D eigenvalue weighted by molar-refractivity contribution is 5.89. The van der Waals surface area contributed by atoms with E-state index in [4.69, 9.17) is 5.11 Å². The van der Waals surface area contributed by atoms with Gasteiger partial charge in [0.2, 0.25) is 11.8 Å². The van der Waals surface area contributed by atoms with Crippen molar-refractivity contribution in [2.45, 2.75) is 19.4 Å². The normalized spacial score (nSPS) is 18.4. The highest BCUT2D eigenvalue weighted by atomic mass is 16.3. The van der Waals surface area contributed by atoms with E-state index in [2.05, 4.69) is 5.32 Å². The molecule has 2 N–H and O–H groups in total. The van der Waals surface area contributed by atoms with E-state index in [1.165, 1.54) is 0 Å². The highest BCUT2D eigenvalue weighted by Gasteiger charge is 2.31. The van der Waals surface area contributed by atoms with Crippen LogP contribution in [0.1, 0.15) is 17.5 Å². The Kier molecular flexibility index (Phi) is 4.74. The number of carbonyl (C=O) groups excluding carboxylic acids is 2. The number of nitrogens with one attached hydrogen (secondary N) is 1. The fourth-order valence-corrected chi connectivity index (χ4v) is 2.32. The van der Waals surface area contributed by atoms with Crippen LogP contribution in [-0.4, -0.2) is 42.0 Å². The van der Waals surface area contributed by atoms with Crippen molar-refractivity contribution in [1.82, 2.24) is 10.2 Å². The number of hydrogen-bond donors (Lipinski definition) is 2. The SMILES string of the molecule is CN1CC(C(=O)NCCc2ccc(CO)cc2)CC1=O. The first-order valence-electron chi connectivity index (χ1n) is 6.80. The van der Waals surface area contributed by atoms with E-state index in [0.717, 1.165) is 17.5 Å². The second-order valence-corrected chi connectivity index (χ2v) is 5.19. The van der Waals surface area contributed by atoms with Crippen molar-refractivity contribution in [3.63, 3.8) is 0 Å². The Morgan fingerprint density at radius 1 is 1.35 bits per heavy atom. The molecular weight excluding hydrogens is 256 g/mol. The van der Waals surface area contributed by atoms with Gasteiger partial charge < -0.3 is 15.3 Å². The Morgan fingerprint density at radius 3 is 2.55 bits per heavy atom. The third kappa shape index (κ3) is 3.57. The van der Waals surface area contributed by atoms with Crippen LogP contribution in [0.2, 0.25) is 0 Å². The average Bonchev–Trinajstić information content (AvgIpc) is 2.79. The summed E-state index contributed by atoms with van der Waals surface area (Å²) in [7, 11) is 1.72. The quantitative estimate of drug-likeness (QED) is 0.813. The second kappa shape index (κ2) is 6.52. The molecule has 1 fully saturated rings. The second-order valence-electron chi connectivity index (χ2n) is 5.19. The van der Waals surface area contributed by atoms with Gasteiger partial charge >= 0.3 is 0 Å². The first-order valence-corrected chi connectivity index (χ1v) is 6.80. The highest BCUT2D eigenvalue weighted by Crippen LogP contribution is 2.15. The van der Waals surface area contributed by atoms with Crippen LogP contribution in [-0.2, 0) is 22.6 Å². The van der Waals surface area contributed by atoms with Gasteiger partial charge in [0.15, 0.2) is 0 Å². The molecule has 0 spiro atoms. The molecule has 0 aromatic heterocycles. The molecule has 2 amide bonds. The fraction of sp³-hybridized carbons (Fsp3) is 0.467. The minimum Gasteiger partial charge on any atom is -0.392 e. The van der Waals surface area contributed by atoms with E-state index in [9.17, 15) is 9.59 Å². The molecule has 0 bridgehead atoms. The number of amides is 2. The molecule has 108 valence electrons. The number of rotatable bonds is 5. The van der Waals surface area contributed by atoms with Crippen molar-refractivity contribution in [2.24, 2.45) is 5.92 Å². The number of aliphatic hydroxyl groups excluding tert-OH is 1. The Balaban J connectivity index is 1.75. The summed E-state index contributed by atoms with van der Waals surface area (Å²) in [5.74, 6) is -0.233. The summed E-state index contributed by atoms with van der Waals surface area (Å²) in [4.78, 5) is 24.9. The molecule has 0 aliphatic carbocycles. The Morgan fingerprint density at radius 2 is 2.00 bits per heavy atom. The molecule has 20 heavy (non-hydrogen) atoms. The van der Waals surface area contributed by atoms with Gasteiger partial charge in [0.05, 0.1) is 12.5 Å². The summed E-state index contributed by atoms with van der Waals surface area (Å²) < 4.78 is 0. The van der Waals surface area contributed by atoms with Crippen molar-refractivity contribution in [1.29, 1.82) is 0 Å². The molecule has 1 aromatic rings. The van der Waals surface area contributed by atoms with E-state index in [1.807, 2.05) is 24.3 Å². The van der Waals surface area contributed by atoms with E-state index in [0.29, 0.717) is 19.5 Å². The standard InChI is InChI=1S/C15H20N2O3/c1-17-9-13(8-14(17)19)15(20)16-7-6-11-2-4-12(10-18)5-3-11/h2-5,13,18H,6-10H2,1H3,(H,16,20). The van der Waals surface area contributed by atoms with Crippen molar-refractivity contribution >= 4 is 11.8 Å². The van der Waals surface area contributed by atoms with Crippen molar-refractivity contribution in [2.75, 3.05) is 20.1 Å². The zero-order chi connectivity index (χ0) is 14.5. The summed E-state index contributed by atoms with van der Waals surface area (Å²) in [6, 6.07) is 7.65. The van der Waals surface area contributed by atoms with Gasteiger partial charge in [0.25, 0.3) is 0 Å². The van der Waals surface area contributed by atoms with Gasteiger partial charge in [-0.2, -0.15) is 0 Å². The first-order chi connectivity index (χ1) is 9.60. The van der Waals surface area contributed by atoms with Gasteiger partial charge in [0, 0.05) is 26.6 Å². The number of likely N-dealkylation sites (tertiary alicyclic amines) is 1. The van der Waals surface area contributed by atoms with Crippen LogP contribution in [0.15, 0.2) is 24.3 Å². The smallest absolute Gasteiger partial charge is 0.225 e. The molecule has 2 rings (SSSR count). The van der Waals surface area contributed by atoms with E-state index in [1.54, 1.807) is 11.9 Å². The Hall–Kier alpha value is -1.88. The monoisotopic (exact) mass is 276 g/mol. The molecule has 0 saturated carbocycles. The number of benzene rings is 1. The maximum atomic E-state index is 11.9. The number of aliphatic hydroxyl groups is 1. The molecule has 1 aliphatic rings. The molecule has 1 atom stereocenters. The fourth-order valence-electron chi connectivity index (χ4n) is 2.32. The maximum Gasteiger partial charge on any atom is 0.225 e. The first kappa shape index (κ1) is 14.5. The molecular formula is C15H20N2O3. The predicted octanol–water partition coefficient (Wildman–Crippen LogP) is 0.316. The topological polar surface area (TPSA) is 69.6 Å². The van der Waals surface area contributed by atoms with Crippen LogP contribution in [0, 0.1) is 5.92 Å². The van der Waals surface area contributed by atoms with Crippen LogP contribution in [0.5, 0.6) is 0 Å². The molecule has 1 unspecified atom stereocenters. The van der Waals surface area contributed by atoms with Crippen LogP contribution < -0.4 is 5.32 Å². The number of hydrogen-bond acceptors (Lipinski definition) is 3. The summed E-state index contributed by atoms with van der Waals surface area (Å²) >= 11 is 0. The third-order valence-electron chi connectivity index (χ3n) is 3.63. The predicted molar refractivity (Wildman–Crippen MR) is 74.8 cm³/mol. The summed E-state index contributed by atoms with van der Waals surface area (Å²) in [5, 5.41) is 11.8. The van der Waals surface area contributed by atoms with Crippen molar-refractivity contribution in [3.8, 4) is 0 Å². The number of nitrogens with zero attached hydrogens (tertiary/aromatic N) is 1. The van der Waals surface area contributed by atoms with Crippen molar-refractivity contribution < 1.29 is 14.7 Å². The summed E-state index contributed by atoms with van der Waals surface area (Å²) in [6.07, 6.45) is 1.06. The van der Waals surface area contributed by atoms with Gasteiger partial charge in [-0.15, -0.1) is 0 Å². The van der Waals surface area contributed by atoms with Crippen LogP contribution >= 0.6 is 0 Å². The lowest BCUT2D eigenvalue weighted by Gasteiger charge is -2.11. The van der Waals surface area contributed by atoms with Crippen molar-refractivity contribution in [3.05, 3.63) is 35.4 Å². The Bertz CT molecular complexity index is 484. The molecule has 0 radical (unpaired) electrons. The van der Waals surface area contributed by atoms with Gasteiger partial charge in [-0.3, -0.25) is 9.59 Å². The maximum absolute atomic E-state index is 11.9. The zero-order valence-corrected chi connectivity index (χ0v) is 11.6. The van der Waals surface area contributed by atoms with E-state index < -0.39 is 0 Å². The van der Waals surface area contributed by atoms with E-state index in [-0.39, 0.29) is 24.3 Å². The third-order valence-corrected chi connectivity index (χ3v) is 3.63. The van der Waals surface area contributed by atoms with Gasteiger partial charge in [-0.25, -0.2) is 0 Å². The Labute approximate surface area is 118 Å². The van der Waals surface area contributed by atoms with Gasteiger partial charge in [0.1, 0.15) is 0 Å². The largest absolute Gasteiger partial charge is 0.392 e. The lowest BCUT2D eigenvalue weighted by atomic mass is 10.1. The molecule has 1 heterocycles. The lowest BCUT2D eigenvalue weighted by Crippen LogP contribution is -2.33. The lowest BCUT2D eigenvalue weighted by molar-refractivity contribution is -0.128. The average molecular weight is 276 g/mol. The molecule has 1 saturated heterocycles. The molecule has 1 aliphatic heterocycles. The summed E-state index contributed by atoms with van der Waals surface area (Å²) in [6.45, 7) is 1.11. The van der Waals surface area contributed by atoms with Crippen LogP contribution in [0.25, 0.3) is 0 Å². The minimum absolute atomic E-state index is 0.0322. The van der Waals surface area contributed by atoms with Gasteiger partial charge in [-0.1, -0.05) is 24.3 Å². The summed E-state index contributed by atoms with van der Waals surface area (Å²) in [5.41, 5.74) is 1.99. The molecule has 5 heteroatoms. The minimum atomic E-state index is -0.218. The zero-order valence-electron chi connectivity index (χ0n) is 11.6. The molecule has 5 nitrogen and oxygen atoms in total. The van der Waals surface area contributed by atoms with Gasteiger partial charge in [-0.05, 0) is 17.5 Å². The van der Waals surface area contributed by atoms with E-state index >= 15 is 0 Å². The number of carbonyl (C=O) groups is 2.